The van der Waals surface area contributed by atoms with Crippen LogP contribution in [0.15, 0.2) is 29.2 Å². The monoisotopic (exact) mass is 308 g/mol. The lowest BCUT2D eigenvalue weighted by molar-refractivity contribution is -0.131. The van der Waals surface area contributed by atoms with Gasteiger partial charge in [0.25, 0.3) is 0 Å². The van der Waals surface area contributed by atoms with Crippen LogP contribution in [0, 0.1) is 0 Å². The second kappa shape index (κ2) is 8.16. The van der Waals surface area contributed by atoms with E-state index in [-0.39, 0.29) is 16.9 Å². The number of ether oxygens (including phenoxy) is 1. The highest BCUT2D eigenvalue weighted by Gasteiger charge is 2.07. The lowest BCUT2D eigenvalue weighted by atomic mass is 10.3. The summed E-state index contributed by atoms with van der Waals surface area (Å²) in [6, 6.07) is 7.62. The van der Waals surface area contributed by atoms with Crippen LogP contribution in [0.3, 0.4) is 0 Å². The van der Waals surface area contributed by atoms with Gasteiger partial charge in [0.15, 0.2) is 4.90 Å². The minimum absolute atomic E-state index is 0.260. The van der Waals surface area contributed by atoms with Crippen LogP contribution in [0.2, 0.25) is 0 Å². The van der Waals surface area contributed by atoms with Gasteiger partial charge in [-0.05, 0) is 24.3 Å². The molecule has 0 unspecified atom stereocenters. The fraction of sp³-hybridized carbons (Fsp3) is 0.364. The van der Waals surface area contributed by atoms with E-state index in [1.54, 1.807) is 0 Å². The van der Waals surface area contributed by atoms with Gasteiger partial charge in [-0.2, -0.15) is 0 Å². The lowest BCUT2D eigenvalue weighted by Crippen LogP contribution is -2.01. The lowest BCUT2D eigenvalue weighted by Gasteiger charge is -2.00. The van der Waals surface area contributed by atoms with E-state index in [0.717, 1.165) is 7.11 Å². The van der Waals surface area contributed by atoms with E-state index in [9.17, 15) is 17.8 Å². The topological polar surface area (TPSA) is 92.7 Å². The fourth-order valence-electron chi connectivity index (χ4n) is 0.946. The van der Waals surface area contributed by atoms with Gasteiger partial charge in [0.05, 0.1) is 7.11 Å². The first-order valence-electron chi connectivity index (χ1n) is 5.03. The molecule has 0 aliphatic heterocycles. The van der Waals surface area contributed by atoms with Gasteiger partial charge in [0.2, 0.25) is 10.4 Å². The summed E-state index contributed by atoms with van der Waals surface area (Å²) >= 11 is 0. The van der Waals surface area contributed by atoms with Gasteiger partial charge in [0, 0.05) is 17.8 Å². The van der Waals surface area contributed by atoms with Crippen LogP contribution in [-0.2, 0) is 30.3 Å². The molecule has 6 nitrogen and oxygen atoms in total. The van der Waals surface area contributed by atoms with E-state index < -0.39 is 10.4 Å². The summed E-state index contributed by atoms with van der Waals surface area (Å²) in [6.07, 6.45) is 4.31. The molecule has 8 heteroatoms. The quantitative estimate of drug-likeness (QED) is 0.271. The zero-order chi connectivity index (χ0) is 15.1. The molecule has 1 rings (SSSR count). The Morgan fingerprint density at radius 3 is 1.89 bits per heavy atom. The molecule has 108 valence electrons. The minimum Gasteiger partial charge on any atom is -0.726 e. The Kier molecular flexibility index (Phi) is 7.69. The largest absolute Gasteiger partial charge is 0.726 e. The molecule has 19 heavy (non-hydrogen) atoms. The fourth-order valence-corrected chi connectivity index (χ4v) is 1.63. The van der Waals surface area contributed by atoms with Crippen molar-refractivity contribution in [1.82, 2.24) is 0 Å². The van der Waals surface area contributed by atoms with Gasteiger partial charge in [-0.15, -0.1) is 0 Å². The molecule has 1 aromatic rings. The van der Waals surface area contributed by atoms with Gasteiger partial charge < -0.3 is 9.29 Å². The maximum Gasteiger partial charge on any atom is 0.308 e. The third kappa shape index (κ3) is 9.48. The highest BCUT2D eigenvalue weighted by molar-refractivity contribution is 7.95. The number of esters is 1. The number of carbonyl (C=O) groups excluding carboxylic acids is 1. The molecule has 0 saturated heterocycles. The highest BCUT2D eigenvalue weighted by Crippen LogP contribution is 2.15. The third-order valence-corrected chi connectivity index (χ3v) is 3.38. The average Bonchev–Trinajstić information content (AvgIpc) is 2.28. The highest BCUT2D eigenvalue weighted by atomic mass is 32.3. The SMILES string of the molecule is CC(=O)Oc1ccc([S+](C)C)cc1.COS(=O)(=O)[O-]. The van der Waals surface area contributed by atoms with E-state index in [1.807, 2.05) is 24.3 Å². The van der Waals surface area contributed by atoms with Gasteiger partial charge in [-0.25, -0.2) is 8.42 Å². The molecule has 0 atom stereocenters. The van der Waals surface area contributed by atoms with Crippen LogP contribution in [0.4, 0.5) is 0 Å². The number of benzene rings is 1. The van der Waals surface area contributed by atoms with E-state index in [0.29, 0.717) is 5.75 Å². The van der Waals surface area contributed by atoms with Gasteiger partial charge in [0.1, 0.15) is 18.3 Å². The predicted molar refractivity (Wildman–Crippen MR) is 71.9 cm³/mol. The van der Waals surface area contributed by atoms with Crippen molar-refractivity contribution in [1.29, 1.82) is 0 Å². The minimum atomic E-state index is -4.41. The smallest absolute Gasteiger partial charge is 0.308 e. The second-order valence-electron chi connectivity index (χ2n) is 3.46. The molecule has 0 N–H and O–H groups in total. The Labute approximate surface area is 116 Å². The Bertz CT molecular complexity index is 492. The molecular weight excluding hydrogens is 292 g/mol. The van der Waals surface area contributed by atoms with Crippen molar-refractivity contribution in [2.45, 2.75) is 11.8 Å². The third-order valence-electron chi connectivity index (χ3n) is 1.76. The van der Waals surface area contributed by atoms with E-state index in [1.165, 1.54) is 11.8 Å². The summed E-state index contributed by atoms with van der Waals surface area (Å²) in [6.45, 7) is 1.40. The maximum atomic E-state index is 10.6. The average molecular weight is 308 g/mol. The number of hydrogen-bond donors (Lipinski definition) is 0. The van der Waals surface area contributed by atoms with Crippen LogP contribution in [-0.4, -0.2) is 38.6 Å². The summed E-state index contributed by atoms with van der Waals surface area (Å²) in [5.41, 5.74) is 0. The summed E-state index contributed by atoms with van der Waals surface area (Å²) in [7, 11) is -3.34. The van der Waals surface area contributed by atoms with Crippen LogP contribution in [0.25, 0.3) is 0 Å². The van der Waals surface area contributed by atoms with Gasteiger partial charge >= 0.3 is 5.97 Å². The van der Waals surface area contributed by atoms with Crippen molar-refractivity contribution in [3.05, 3.63) is 24.3 Å². The van der Waals surface area contributed by atoms with Crippen molar-refractivity contribution in [2.75, 3.05) is 19.6 Å². The van der Waals surface area contributed by atoms with Crippen LogP contribution >= 0.6 is 0 Å². The molecule has 0 spiro atoms. The summed E-state index contributed by atoms with van der Waals surface area (Å²) in [5, 5.41) is 0. The van der Waals surface area contributed by atoms with Crippen LogP contribution in [0.1, 0.15) is 6.92 Å². The Balaban J connectivity index is 0.000000459. The molecule has 0 saturated carbocycles. The van der Waals surface area contributed by atoms with E-state index in [2.05, 4.69) is 16.7 Å². The molecular formula is C11H16O6S2. The van der Waals surface area contributed by atoms with Crippen molar-refractivity contribution < 1.29 is 26.7 Å². The Hall–Kier alpha value is -1.09. The molecule has 0 radical (unpaired) electrons. The number of rotatable bonds is 3. The van der Waals surface area contributed by atoms with E-state index in [4.69, 9.17) is 4.74 Å². The Morgan fingerprint density at radius 1 is 1.21 bits per heavy atom. The zero-order valence-corrected chi connectivity index (χ0v) is 12.7. The van der Waals surface area contributed by atoms with Crippen LogP contribution < -0.4 is 4.74 Å². The van der Waals surface area contributed by atoms with Crippen molar-refractivity contribution in [3.63, 3.8) is 0 Å². The Morgan fingerprint density at radius 2 is 1.63 bits per heavy atom. The molecule has 0 amide bonds. The van der Waals surface area contributed by atoms with Gasteiger partial charge in [-0.3, -0.25) is 8.98 Å². The summed E-state index contributed by atoms with van der Waals surface area (Å²) in [5.74, 6) is 0.335. The first-order chi connectivity index (χ1) is 8.65. The first kappa shape index (κ1) is 17.9. The molecule has 0 aromatic heterocycles. The number of carbonyl (C=O) groups is 1. The maximum absolute atomic E-state index is 10.6. The van der Waals surface area contributed by atoms with Crippen LogP contribution in [0.5, 0.6) is 5.75 Å². The second-order valence-corrected chi connectivity index (χ2v) is 6.71. The molecule has 0 fully saturated rings. The van der Waals surface area contributed by atoms with Crippen molar-refractivity contribution >= 4 is 27.3 Å². The zero-order valence-electron chi connectivity index (χ0n) is 11.1. The molecule has 1 aromatic carbocycles. The number of hydrogen-bond acceptors (Lipinski definition) is 6. The molecule has 0 aliphatic carbocycles. The predicted octanol–water partition coefficient (Wildman–Crippen LogP) is 0.942. The molecule has 0 heterocycles. The van der Waals surface area contributed by atoms with Crippen molar-refractivity contribution in [3.8, 4) is 5.75 Å². The van der Waals surface area contributed by atoms with Gasteiger partial charge in [-0.1, -0.05) is 0 Å². The van der Waals surface area contributed by atoms with E-state index >= 15 is 0 Å². The summed E-state index contributed by atoms with van der Waals surface area (Å²) < 4.78 is 35.9. The first-order valence-corrected chi connectivity index (χ1v) is 8.40. The molecule has 0 bridgehead atoms. The molecule has 0 aliphatic rings. The van der Waals surface area contributed by atoms with Crippen molar-refractivity contribution in [2.24, 2.45) is 0 Å². The normalized spacial score (nSPS) is 10.6. The summed E-state index contributed by atoms with van der Waals surface area (Å²) in [4.78, 5) is 11.9. The standard InChI is InChI=1S/C10H13O2S.CH4O4S/c1-8(11)12-9-4-6-10(7-5-9)13(2)3;1-5-6(2,3)4/h4-7H,1-3H3;1H3,(H,2,3,4)/q+1;/p-1.